The average Bonchev–Trinajstić information content (AvgIpc) is 2.25. The lowest BCUT2D eigenvalue weighted by molar-refractivity contribution is 0.199. The van der Waals surface area contributed by atoms with E-state index in [2.05, 4.69) is 33.9 Å². The van der Waals surface area contributed by atoms with Crippen molar-refractivity contribution >= 4 is 19.9 Å². The normalized spacial score (nSPS) is 12.6. The van der Waals surface area contributed by atoms with Gasteiger partial charge in [-0.3, -0.25) is 0 Å². The molecule has 0 amide bonds. The molecule has 0 fully saturated rings. The van der Waals surface area contributed by atoms with Crippen LogP contribution in [-0.4, -0.2) is 21.5 Å². The standard InChI is InChI=1S/C14H22ClFO2Si/c1-14(2,3)19(4,5)18-10-9-17-13-11(15)7-6-8-12(13)16/h6-8H,9-10H2,1-5H3. The molecule has 5 heteroatoms. The summed E-state index contributed by atoms with van der Waals surface area (Å²) < 4.78 is 24.8. The minimum Gasteiger partial charge on any atom is -0.487 e. The van der Waals surface area contributed by atoms with Crippen LogP contribution in [-0.2, 0) is 4.43 Å². The van der Waals surface area contributed by atoms with E-state index in [1.165, 1.54) is 6.07 Å². The maximum absolute atomic E-state index is 13.5. The maximum Gasteiger partial charge on any atom is 0.192 e. The van der Waals surface area contributed by atoms with Gasteiger partial charge in [0.15, 0.2) is 19.9 Å². The van der Waals surface area contributed by atoms with Crippen LogP contribution in [0.25, 0.3) is 0 Å². The summed E-state index contributed by atoms with van der Waals surface area (Å²) in [4.78, 5) is 0. The third kappa shape index (κ3) is 4.47. The molecule has 0 unspecified atom stereocenters. The zero-order valence-corrected chi connectivity index (χ0v) is 14.0. The molecule has 19 heavy (non-hydrogen) atoms. The number of ether oxygens (including phenoxy) is 1. The van der Waals surface area contributed by atoms with Crippen molar-refractivity contribution in [3.63, 3.8) is 0 Å². The minimum absolute atomic E-state index is 0.1000. The quantitative estimate of drug-likeness (QED) is 0.570. The van der Waals surface area contributed by atoms with Crippen molar-refractivity contribution < 1.29 is 13.6 Å². The van der Waals surface area contributed by atoms with Gasteiger partial charge in [-0.1, -0.05) is 38.4 Å². The Bertz CT molecular complexity index is 410. The molecule has 0 saturated heterocycles. The van der Waals surface area contributed by atoms with Crippen molar-refractivity contribution in [3.8, 4) is 5.75 Å². The third-order valence-corrected chi connectivity index (χ3v) is 8.35. The van der Waals surface area contributed by atoms with E-state index in [1.54, 1.807) is 12.1 Å². The van der Waals surface area contributed by atoms with Gasteiger partial charge in [0.1, 0.15) is 6.61 Å². The van der Waals surface area contributed by atoms with E-state index in [-0.39, 0.29) is 15.8 Å². The summed E-state index contributed by atoms with van der Waals surface area (Å²) in [5, 5.41) is 0.440. The largest absolute Gasteiger partial charge is 0.487 e. The second kappa shape index (κ2) is 6.24. The minimum atomic E-state index is -1.78. The van der Waals surface area contributed by atoms with Crippen LogP contribution in [0.4, 0.5) is 4.39 Å². The highest BCUT2D eigenvalue weighted by Crippen LogP contribution is 2.36. The second-order valence-corrected chi connectivity index (χ2v) is 11.2. The van der Waals surface area contributed by atoms with E-state index in [0.29, 0.717) is 13.2 Å². The Morgan fingerprint density at radius 1 is 1.21 bits per heavy atom. The van der Waals surface area contributed by atoms with Gasteiger partial charge in [0.25, 0.3) is 0 Å². The Morgan fingerprint density at radius 3 is 2.37 bits per heavy atom. The Labute approximate surface area is 121 Å². The fourth-order valence-electron chi connectivity index (χ4n) is 1.28. The summed E-state index contributed by atoms with van der Waals surface area (Å²) in [7, 11) is -1.78. The van der Waals surface area contributed by atoms with Crippen molar-refractivity contribution in [2.24, 2.45) is 0 Å². The highest BCUT2D eigenvalue weighted by atomic mass is 35.5. The highest BCUT2D eigenvalue weighted by molar-refractivity contribution is 6.74. The van der Waals surface area contributed by atoms with Crippen LogP contribution in [0.2, 0.25) is 23.2 Å². The number of hydrogen-bond donors (Lipinski definition) is 0. The lowest BCUT2D eigenvalue weighted by Gasteiger charge is -2.36. The fourth-order valence-corrected chi connectivity index (χ4v) is 2.52. The van der Waals surface area contributed by atoms with Gasteiger partial charge in [0, 0.05) is 0 Å². The van der Waals surface area contributed by atoms with Crippen molar-refractivity contribution in [3.05, 3.63) is 29.0 Å². The van der Waals surface area contributed by atoms with Gasteiger partial charge in [0.2, 0.25) is 0 Å². The Morgan fingerprint density at radius 2 is 1.84 bits per heavy atom. The van der Waals surface area contributed by atoms with Crippen LogP contribution < -0.4 is 4.74 Å². The first-order valence-corrected chi connectivity index (χ1v) is 9.64. The van der Waals surface area contributed by atoms with Crippen LogP contribution in [0.15, 0.2) is 18.2 Å². The summed E-state index contributed by atoms with van der Waals surface area (Å²) in [6.07, 6.45) is 0. The van der Waals surface area contributed by atoms with Crippen LogP contribution in [0.5, 0.6) is 5.75 Å². The zero-order chi connectivity index (χ0) is 14.7. The molecule has 0 bridgehead atoms. The number of para-hydroxylation sites is 1. The molecule has 1 aromatic rings. The molecule has 0 aromatic heterocycles. The van der Waals surface area contributed by atoms with Crippen molar-refractivity contribution in [2.45, 2.75) is 38.9 Å². The number of hydrogen-bond acceptors (Lipinski definition) is 2. The molecule has 0 N–H and O–H groups in total. The van der Waals surface area contributed by atoms with Gasteiger partial charge in [-0.05, 0) is 30.3 Å². The maximum atomic E-state index is 13.5. The molecular weight excluding hydrogens is 283 g/mol. The van der Waals surface area contributed by atoms with E-state index in [0.717, 1.165) is 0 Å². The summed E-state index contributed by atoms with van der Waals surface area (Å²) in [6, 6.07) is 4.49. The number of rotatable bonds is 5. The molecule has 0 aliphatic carbocycles. The molecule has 1 rings (SSSR count). The SMILES string of the molecule is CC(C)(C)[Si](C)(C)OCCOc1c(F)cccc1Cl. The predicted octanol–water partition coefficient (Wildman–Crippen LogP) is 4.88. The third-order valence-electron chi connectivity index (χ3n) is 3.52. The van der Waals surface area contributed by atoms with Gasteiger partial charge in [-0.15, -0.1) is 0 Å². The van der Waals surface area contributed by atoms with Gasteiger partial charge in [-0.25, -0.2) is 4.39 Å². The fraction of sp³-hybridized carbons (Fsp3) is 0.571. The van der Waals surface area contributed by atoms with E-state index in [4.69, 9.17) is 20.8 Å². The van der Waals surface area contributed by atoms with Crippen molar-refractivity contribution in [1.29, 1.82) is 0 Å². The Hall–Kier alpha value is -0.583. The Balaban J connectivity index is 2.48. The first-order chi connectivity index (χ1) is 8.65. The monoisotopic (exact) mass is 304 g/mol. The highest BCUT2D eigenvalue weighted by Gasteiger charge is 2.36. The average molecular weight is 305 g/mol. The predicted molar refractivity (Wildman–Crippen MR) is 80.1 cm³/mol. The van der Waals surface area contributed by atoms with Crippen molar-refractivity contribution in [1.82, 2.24) is 0 Å². The van der Waals surface area contributed by atoms with Gasteiger partial charge >= 0.3 is 0 Å². The van der Waals surface area contributed by atoms with Crippen LogP contribution in [0.1, 0.15) is 20.8 Å². The molecule has 0 aliphatic rings. The number of benzene rings is 1. The lowest BCUT2D eigenvalue weighted by Crippen LogP contribution is -2.41. The smallest absolute Gasteiger partial charge is 0.192 e. The Kier molecular flexibility index (Phi) is 5.41. The molecule has 0 atom stereocenters. The molecular formula is C14H22ClFO2Si. The first-order valence-electron chi connectivity index (χ1n) is 6.36. The first kappa shape index (κ1) is 16.5. The summed E-state index contributed by atoms with van der Waals surface area (Å²) in [5.74, 6) is -0.345. The molecule has 0 aliphatic heterocycles. The molecule has 2 nitrogen and oxygen atoms in total. The zero-order valence-electron chi connectivity index (χ0n) is 12.2. The molecule has 108 valence electrons. The van der Waals surface area contributed by atoms with E-state index < -0.39 is 14.1 Å². The molecule has 0 radical (unpaired) electrons. The second-order valence-electron chi connectivity index (χ2n) is 6.01. The van der Waals surface area contributed by atoms with Crippen molar-refractivity contribution in [2.75, 3.05) is 13.2 Å². The van der Waals surface area contributed by atoms with Gasteiger partial charge in [-0.2, -0.15) is 0 Å². The van der Waals surface area contributed by atoms with E-state index >= 15 is 0 Å². The summed E-state index contributed by atoms with van der Waals surface area (Å²) in [6.45, 7) is 11.6. The molecule has 0 spiro atoms. The number of halogens is 2. The van der Waals surface area contributed by atoms with E-state index in [1.807, 2.05) is 0 Å². The molecule has 1 aromatic carbocycles. The molecule has 0 heterocycles. The van der Waals surface area contributed by atoms with E-state index in [9.17, 15) is 4.39 Å². The van der Waals surface area contributed by atoms with Gasteiger partial charge in [0.05, 0.1) is 11.6 Å². The van der Waals surface area contributed by atoms with Crippen LogP contribution in [0, 0.1) is 5.82 Å². The summed E-state index contributed by atoms with van der Waals surface area (Å²) in [5.41, 5.74) is 0. The van der Waals surface area contributed by atoms with Gasteiger partial charge < -0.3 is 9.16 Å². The van der Waals surface area contributed by atoms with Crippen LogP contribution >= 0.6 is 11.6 Å². The summed E-state index contributed by atoms with van der Waals surface area (Å²) >= 11 is 5.87. The molecule has 0 saturated carbocycles. The van der Waals surface area contributed by atoms with Crippen LogP contribution in [0.3, 0.4) is 0 Å². The lowest BCUT2D eigenvalue weighted by atomic mass is 10.2. The topological polar surface area (TPSA) is 18.5 Å².